The number of nitrogen functional groups attached to an aromatic ring is 1. The zero-order valence-electron chi connectivity index (χ0n) is 10.4. The van der Waals surface area contributed by atoms with Gasteiger partial charge in [-0.2, -0.15) is 0 Å². The minimum absolute atomic E-state index is 0.510. The summed E-state index contributed by atoms with van der Waals surface area (Å²) in [7, 11) is 0. The summed E-state index contributed by atoms with van der Waals surface area (Å²) in [5.74, 6) is 0.510. The van der Waals surface area contributed by atoms with Gasteiger partial charge in [-0.15, -0.1) is 11.3 Å². The molecule has 0 spiro atoms. The van der Waals surface area contributed by atoms with Crippen molar-refractivity contribution in [3.05, 3.63) is 39.2 Å². The molecule has 0 radical (unpaired) electrons. The fraction of sp³-hybridized carbons (Fsp3) is 0.231. The number of aromatic nitrogens is 3. The highest BCUT2D eigenvalue weighted by molar-refractivity contribution is 7.16. The van der Waals surface area contributed by atoms with Crippen LogP contribution in [0.4, 0.5) is 5.95 Å². The fourth-order valence-corrected chi connectivity index (χ4v) is 3.13. The molecule has 0 fully saturated rings. The lowest BCUT2D eigenvalue weighted by Crippen LogP contribution is -2.05. The molecular formula is C13H13ClN4S. The van der Waals surface area contributed by atoms with Gasteiger partial charge in [0, 0.05) is 17.6 Å². The van der Waals surface area contributed by atoms with E-state index in [2.05, 4.69) is 9.97 Å². The molecule has 98 valence electrons. The Morgan fingerprint density at radius 3 is 3.00 bits per heavy atom. The number of hydrogen-bond acceptors (Lipinski definition) is 4. The van der Waals surface area contributed by atoms with E-state index in [1.165, 1.54) is 4.88 Å². The van der Waals surface area contributed by atoms with E-state index < -0.39 is 0 Å². The number of hydrogen-bond donors (Lipinski definition) is 1. The van der Waals surface area contributed by atoms with Gasteiger partial charge in [0.1, 0.15) is 5.52 Å². The number of nitrogens with two attached hydrogens (primary N) is 1. The number of imidazole rings is 1. The molecule has 0 amide bonds. The summed E-state index contributed by atoms with van der Waals surface area (Å²) in [5, 5.41) is 0. The van der Waals surface area contributed by atoms with Crippen LogP contribution < -0.4 is 5.73 Å². The molecule has 0 aliphatic heterocycles. The van der Waals surface area contributed by atoms with Gasteiger partial charge in [0.15, 0.2) is 5.65 Å². The van der Waals surface area contributed by atoms with Gasteiger partial charge in [0.25, 0.3) is 0 Å². The molecule has 3 aromatic rings. The number of aryl methyl sites for hydroxylation is 3. The van der Waals surface area contributed by atoms with Crippen molar-refractivity contribution in [2.45, 2.75) is 19.9 Å². The maximum atomic E-state index is 5.96. The number of thiophene rings is 1. The molecule has 0 aliphatic rings. The molecule has 0 saturated carbocycles. The second kappa shape index (κ2) is 4.83. The van der Waals surface area contributed by atoms with Crippen LogP contribution in [0.1, 0.15) is 10.4 Å². The third-order valence-electron chi connectivity index (χ3n) is 2.96. The van der Waals surface area contributed by atoms with Gasteiger partial charge in [0.05, 0.1) is 4.34 Å². The summed E-state index contributed by atoms with van der Waals surface area (Å²) in [5.41, 5.74) is 8.73. The molecule has 19 heavy (non-hydrogen) atoms. The van der Waals surface area contributed by atoms with Crippen LogP contribution in [0.3, 0.4) is 0 Å². The summed E-state index contributed by atoms with van der Waals surface area (Å²) in [6.45, 7) is 2.75. The lowest BCUT2D eigenvalue weighted by Gasteiger charge is -2.04. The van der Waals surface area contributed by atoms with Crippen LogP contribution in [0.15, 0.2) is 24.4 Å². The summed E-state index contributed by atoms with van der Waals surface area (Å²) in [6, 6.07) is 5.95. The third-order valence-corrected chi connectivity index (χ3v) is 4.25. The number of anilines is 1. The Labute approximate surface area is 119 Å². The summed E-state index contributed by atoms with van der Waals surface area (Å²) in [4.78, 5) is 10.00. The van der Waals surface area contributed by atoms with Crippen molar-refractivity contribution < 1.29 is 0 Å². The van der Waals surface area contributed by atoms with Crippen LogP contribution in [0.2, 0.25) is 4.34 Å². The van der Waals surface area contributed by atoms with Crippen LogP contribution in [0.25, 0.3) is 11.2 Å². The first-order valence-electron chi connectivity index (χ1n) is 5.96. The van der Waals surface area contributed by atoms with E-state index in [9.17, 15) is 0 Å². The van der Waals surface area contributed by atoms with Gasteiger partial charge in [0.2, 0.25) is 5.95 Å². The average molecular weight is 293 g/mol. The molecule has 0 aliphatic carbocycles. The Morgan fingerprint density at radius 1 is 1.42 bits per heavy atom. The number of nitrogens with zero attached hydrogens (tertiary/aromatic N) is 3. The van der Waals surface area contributed by atoms with Crippen molar-refractivity contribution in [1.29, 1.82) is 0 Å². The molecule has 0 bridgehead atoms. The number of pyridine rings is 1. The molecule has 6 heteroatoms. The SMILES string of the molecule is Cc1cnc2c(c1)nc(N)n2CCc1ccc(Cl)s1. The molecule has 3 rings (SSSR count). The van der Waals surface area contributed by atoms with E-state index >= 15 is 0 Å². The highest BCUT2D eigenvalue weighted by atomic mass is 35.5. The highest BCUT2D eigenvalue weighted by Crippen LogP contribution is 2.23. The van der Waals surface area contributed by atoms with Gasteiger partial charge in [-0.3, -0.25) is 4.57 Å². The first kappa shape index (κ1) is 12.4. The molecule has 2 N–H and O–H groups in total. The normalized spacial score (nSPS) is 11.3. The predicted molar refractivity (Wildman–Crippen MR) is 79.7 cm³/mol. The molecule has 0 aromatic carbocycles. The van der Waals surface area contributed by atoms with E-state index in [0.717, 1.165) is 34.0 Å². The van der Waals surface area contributed by atoms with Crippen LogP contribution in [-0.4, -0.2) is 14.5 Å². The quantitative estimate of drug-likeness (QED) is 0.806. The van der Waals surface area contributed by atoms with E-state index in [4.69, 9.17) is 17.3 Å². The summed E-state index contributed by atoms with van der Waals surface area (Å²) >= 11 is 7.52. The molecule has 0 atom stereocenters. The monoisotopic (exact) mass is 292 g/mol. The van der Waals surface area contributed by atoms with Gasteiger partial charge >= 0.3 is 0 Å². The Kier molecular flexibility index (Phi) is 3.16. The van der Waals surface area contributed by atoms with Crippen LogP contribution in [0, 0.1) is 6.92 Å². The van der Waals surface area contributed by atoms with Crippen LogP contribution in [0.5, 0.6) is 0 Å². The van der Waals surface area contributed by atoms with Gasteiger partial charge in [-0.1, -0.05) is 11.6 Å². The van der Waals surface area contributed by atoms with Crippen molar-refractivity contribution in [3.63, 3.8) is 0 Å². The van der Waals surface area contributed by atoms with E-state index in [1.54, 1.807) is 11.3 Å². The third kappa shape index (κ3) is 2.43. The molecule has 3 aromatic heterocycles. The average Bonchev–Trinajstić information content (AvgIpc) is 2.89. The number of fused-ring (bicyclic) bond motifs is 1. The largest absolute Gasteiger partial charge is 0.369 e. The maximum absolute atomic E-state index is 5.96. The summed E-state index contributed by atoms with van der Waals surface area (Å²) in [6.07, 6.45) is 2.71. The zero-order valence-corrected chi connectivity index (χ0v) is 12.0. The van der Waals surface area contributed by atoms with E-state index in [0.29, 0.717) is 5.95 Å². The first-order chi connectivity index (χ1) is 9.13. The van der Waals surface area contributed by atoms with Crippen molar-refractivity contribution >= 4 is 40.0 Å². The zero-order chi connectivity index (χ0) is 13.4. The minimum atomic E-state index is 0.510. The van der Waals surface area contributed by atoms with Crippen LogP contribution >= 0.6 is 22.9 Å². The Balaban J connectivity index is 1.90. The molecule has 4 nitrogen and oxygen atoms in total. The van der Waals surface area contributed by atoms with E-state index in [-0.39, 0.29) is 0 Å². The smallest absolute Gasteiger partial charge is 0.202 e. The van der Waals surface area contributed by atoms with Crippen molar-refractivity contribution in [2.24, 2.45) is 0 Å². The summed E-state index contributed by atoms with van der Waals surface area (Å²) < 4.78 is 2.76. The maximum Gasteiger partial charge on any atom is 0.202 e. The second-order valence-corrected chi connectivity index (χ2v) is 6.23. The Morgan fingerprint density at radius 2 is 2.26 bits per heavy atom. The minimum Gasteiger partial charge on any atom is -0.369 e. The van der Waals surface area contributed by atoms with Gasteiger partial charge in [-0.25, -0.2) is 9.97 Å². The van der Waals surface area contributed by atoms with Crippen molar-refractivity contribution in [2.75, 3.05) is 5.73 Å². The molecule has 0 unspecified atom stereocenters. The van der Waals surface area contributed by atoms with Crippen molar-refractivity contribution in [3.8, 4) is 0 Å². The second-order valence-electron chi connectivity index (χ2n) is 4.43. The van der Waals surface area contributed by atoms with Crippen molar-refractivity contribution in [1.82, 2.24) is 14.5 Å². The topological polar surface area (TPSA) is 56.7 Å². The lowest BCUT2D eigenvalue weighted by molar-refractivity contribution is 0.726. The number of halogens is 1. The number of rotatable bonds is 3. The molecular weight excluding hydrogens is 280 g/mol. The van der Waals surface area contributed by atoms with Gasteiger partial charge in [-0.05, 0) is 37.1 Å². The highest BCUT2D eigenvalue weighted by Gasteiger charge is 2.10. The van der Waals surface area contributed by atoms with Gasteiger partial charge < -0.3 is 5.73 Å². The Hall–Kier alpha value is -1.59. The molecule has 0 saturated heterocycles. The molecule has 3 heterocycles. The fourth-order valence-electron chi connectivity index (χ4n) is 2.06. The lowest BCUT2D eigenvalue weighted by atomic mass is 10.3. The van der Waals surface area contributed by atoms with Crippen LogP contribution in [-0.2, 0) is 13.0 Å². The van der Waals surface area contributed by atoms with E-state index in [1.807, 2.05) is 35.9 Å². The Bertz CT molecular complexity index is 731. The predicted octanol–water partition coefficient (Wildman–Crippen LogP) is 3.28. The first-order valence-corrected chi connectivity index (χ1v) is 7.15. The standard InChI is InChI=1S/C13H13ClN4S/c1-8-6-10-12(16-7-8)18(13(15)17-10)5-4-9-2-3-11(14)19-9/h2-3,6-7H,4-5H2,1H3,(H2,15,17).